The van der Waals surface area contributed by atoms with E-state index in [9.17, 15) is 0 Å². The Morgan fingerprint density at radius 3 is 2.72 bits per heavy atom. The van der Waals surface area contributed by atoms with Gasteiger partial charge in [0.2, 0.25) is 0 Å². The molecular formula is C12H15BrN4O. The molecule has 1 heterocycles. The molecule has 0 amide bonds. The van der Waals surface area contributed by atoms with Crippen molar-refractivity contribution in [3.8, 4) is 11.4 Å². The number of nitrogen functional groups attached to an aromatic ring is 1. The molecule has 0 aliphatic heterocycles. The van der Waals surface area contributed by atoms with Gasteiger partial charge in [-0.1, -0.05) is 19.1 Å². The van der Waals surface area contributed by atoms with Crippen LogP contribution in [0.2, 0.25) is 0 Å². The highest BCUT2D eigenvalue weighted by Crippen LogP contribution is 2.29. The second-order valence-corrected chi connectivity index (χ2v) is 5.10. The van der Waals surface area contributed by atoms with Crippen LogP contribution in [-0.2, 0) is 0 Å². The Morgan fingerprint density at radius 2 is 2.11 bits per heavy atom. The monoisotopic (exact) mass is 310 g/mol. The maximum atomic E-state index is 5.85. The number of nitrogens with two attached hydrogens (primary N) is 1. The van der Waals surface area contributed by atoms with Crippen LogP contribution in [0.4, 0.5) is 5.82 Å². The molecule has 0 saturated heterocycles. The van der Waals surface area contributed by atoms with E-state index in [0.717, 1.165) is 21.6 Å². The molecule has 0 atom stereocenters. The summed E-state index contributed by atoms with van der Waals surface area (Å²) in [5.41, 5.74) is 7.63. The standard InChI is InChI=1S/C12H15BrN4O/c1-7(2)11-12(14)15-16-17(11)8-4-5-9(13)10(6-8)18-3/h4-7H,14H2,1-3H3. The Hall–Kier alpha value is -1.56. The molecular weight excluding hydrogens is 296 g/mol. The van der Waals surface area contributed by atoms with Gasteiger partial charge in [0.05, 0.1) is 23.0 Å². The van der Waals surface area contributed by atoms with Gasteiger partial charge < -0.3 is 10.5 Å². The number of nitrogens with zero attached hydrogens (tertiary/aromatic N) is 3. The third-order valence-corrected chi connectivity index (χ3v) is 3.31. The maximum absolute atomic E-state index is 5.85. The molecule has 96 valence electrons. The van der Waals surface area contributed by atoms with Gasteiger partial charge in [-0.15, -0.1) is 5.10 Å². The Balaban J connectivity index is 2.55. The molecule has 6 heteroatoms. The molecule has 2 rings (SSSR count). The van der Waals surface area contributed by atoms with Gasteiger partial charge in [-0.2, -0.15) is 0 Å². The van der Waals surface area contributed by atoms with Crippen LogP contribution in [-0.4, -0.2) is 22.1 Å². The molecule has 0 radical (unpaired) electrons. The lowest BCUT2D eigenvalue weighted by molar-refractivity contribution is 0.411. The van der Waals surface area contributed by atoms with E-state index in [1.807, 2.05) is 18.2 Å². The van der Waals surface area contributed by atoms with E-state index in [-0.39, 0.29) is 5.92 Å². The molecule has 2 aromatic rings. The molecule has 2 N–H and O–H groups in total. The van der Waals surface area contributed by atoms with Crippen LogP contribution in [0.15, 0.2) is 22.7 Å². The largest absolute Gasteiger partial charge is 0.495 e. The van der Waals surface area contributed by atoms with E-state index in [1.165, 1.54) is 0 Å². The first kappa shape index (κ1) is 12.9. The summed E-state index contributed by atoms with van der Waals surface area (Å²) in [5.74, 6) is 1.46. The summed E-state index contributed by atoms with van der Waals surface area (Å²) in [7, 11) is 1.63. The average Bonchev–Trinajstić information content (AvgIpc) is 2.72. The molecule has 0 spiro atoms. The van der Waals surface area contributed by atoms with Crippen LogP contribution >= 0.6 is 15.9 Å². The Bertz CT molecular complexity index is 565. The van der Waals surface area contributed by atoms with E-state index >= 15 is 0 Å². The topological polar surface area (TPSA) is 66.0 Å². The Labute approximate surface area is 114 Å². The van der Waals surface area contributed by atoms with Crippen molar-refractivity contribution in [1.29, 1.82) is 0 Å². The lowest BCUT2D eigenvalue weighted by atomic mass is 10.1. The van der Waals surface area contributed by atoms with Crippen LogP contribution in [0, 0.1) is 0 Å². The molecule has 0 aliphatic carbocycles. The Kier molecular flexibility index (Phi) is 3.56. The number of benzene rings is 1. The highest BCUT2D eigenvalue weighted by molar-refractivity contribution is 9.10. The van der Waals surface area contributed by atoms with Gasteiger partial charge in [0.15, 0.2) is 5.82 Å². The second kappa shape index (κ2) is 4.97. The highest BCUT2D eigenvalue weighted by atomic mass is 79.9. The minimum Gasteiger partial charge on any atom is -0.495 e. The van der Waals surface area contributed by atoms with E-state index in [2.05, 4.69) is 40.1 Å². The van der Waals surface area contributed by atoms with Crippen molar-refractivity contribution >= 4 is 21.7 Å². The van der Waals surface area contributed by atoms with Gasteiger partial charge in [-0.25, -0.2) is 4.68 Å². The molecule has 0 fully saturated rings. The lowest BCUT2D eigenvalue weighted by Crippen LogP contribution is -2.05. The predicted octanol–water partition coefficient (Wildman–Crippen LogP) is 2.74. The van der Waals surface area contributed by atoms with Crippen molar-refractivity contribution in [1.82, 2.24) is 15.0 Å². The summed E-state index contributed by atoms with van der Waals surface area (Å²) < 4.78 is 7.92. The van der Waals surface area contributed by atoms with Crippen molar-refractivity contribution in [3.05, 3.63) is 28.4 Å². The zero-order valence-corrected chi connectivity index (χ0v) is 12.1. The molecule has 18 heavy (non-hydrogen) atoms. The summed E-state index contributed by atoms with van der Waals surface area (Å²) in [6.07, 6.45) is 0. The van der Waals surface area contributed by atoms with Crippen LogP contribution < -0.4 is 10.5 Å². The van der Waals surface area contributed by atoms with E-state index in [0.29, 0.717) is 5.82 Å². The van der Waals surface area contributed by atoms with Crippen molar-refractivity contribution in [3.63, 3.8) is 0 Å². The number of aromatic nitrogens is 3. The predicted molar refractivity (Wildman–Crippen MR) is 74.1 cm³/mol. The molecule has 0 aliphatic rings. The summed E-state index contributed by atoms with van der Waals surface area (Å²) >= 11 is 3.42. The number of ether oxygens (including phenoxy) is 1. The summed E-state index contributed by atoms with van der Waals surface area (Å²) in [5, 5.41) is 8.01. The van der Waals surface area contributed by atoms with Gasteiger partial charge in [0, 0.05) is 6.07 Å². The lowest BCUT2D eigenvalue weighted by Gasteiger charge is -2.11. The first-order valence-corrected chi connectivity index (χ1v) is 6.39. The average molecular weight is 311 g/mol. The normalized spacial score (nSPS) is 10.9. The second-order valence-electron chi connectivity index (χ2n) is 4.25. The van der Waals surface area contributed by atoms with Gasteiger partial charge in [-0.3, -0.25) is 0 Å². The fraction of sp³-hybridized carbons (Fsp3) is 0.333. The molecule has 5 nitrogen and oxygen atoms in total. The minimum absolute atomic E-state index is 0.245. The van der Waals surface area contributed by atoms with Crippen molar-refractivity contribution in [2.75, 3.05) is 12.8 Å². The summed E-state index contributed by atoms with van der Waals surface area (Å²) in [6, 6.07) is 5.74. The van der Waals surface area contributed by atoms with Gasteiger partial charge >= 0.3 is 0 Å². The van der Waals surface area contributed by atoms with Crippen LogP contribution in [0.25, 0.3) is 5.69 Å². The first-order chi connectivity index (χ1) is 8.54. The van der Waals surface area contributed by atoms with Crippen LogP contribution in [0.3, 0.4) is 0 Å². The van der Waals surface area contributed by atoms with E-state index in [4.69, 9.17) is 10.5 Å². The van der Waals surface area contributed by atoms with Gasteiger partial charge in [-0.05, 0) is 34.0 Å². The van der Waals surface area contributed by atoms with E-state index in [1.54, 1.807) is 11.8 Å². The number of halogens is 1. The molecule has 0 saturated carbocycles. The van der Waals surface area contributed by atoms with Crippen LogP contribution in [0.5, 0.6) is 5.75 Å². The van der Waals surface area contributed by atoms with Gasteiger partial charge in [0.25, 0.3) is 0 Å². The van der Waals surface area contributed by atoms with Gasteiger partial charge in [0.1, 0.15) is 5.75 Å². The fourth-order valence-electron chi connectivity index (χ4n) is 1.81. The quantitative estimate of drug-likeness (QED) is 0.946. The van der Waals surface area contributed by atoms with Crippen molar-refractivity contribution in [2.24, 2.45) is 0 Å². The zero-order chi connectivity index (χ0) is 13.3. The molecule has 1 aromatic heterocycles. The van der Waals surface area contributed by atoms with E-state index < -0.39 is 0 Å². The highest BCUT2D eigenvalue weighted by Gasteiger charge is 2.16. The Morgan fingerprint density at radius 1 is 1.39 bits per heavy atom. The third-order valence-electron chi connectivity index (χ3n) is 2.66. The van der Waals surface area contributed by atoms with Crippen molar-refractivity contribution in [2.45, 2.75) is 19.8 Å². The van der Waals surface area contributed by atoms with Crippen molar-refractivity contribution < 1.29 is 4.74 Å². The fourth-order valence-corrected chi connectivity index (χ4v) is 2.22. The smallest absolute Gasteiger partial charge is 0.169 e. The number of hydrogen-bond acceptors (Lipinski definition) is 4. The summed E-state index contributed by atoms with van der Waals surface area (Å²) in [4.78, 5) is 0. The van der Waals surface area contributed by atoms with Crippen LogP contribution in [0.1, 0.15) is 25.5 Å². The number of anilines is 1. The SMILES string of the molecule is COc1cc(-n2nnc(N)c2C(C)C)ccc1Br. The molecule has 0 unspecified atom stereocenters. The minimum atomic E-state index is 0.245. The number of methoxy groups -OCH3 is 1. The number of hydrogen-bond donors (Lipinski definition) is 1. The third kappa shape index (κ3) is 2.20. The first-order valence-electron chi connectivity index (χ1n) is 5.59. The summed E-state index contributed by atoms with van der Waals surface area (Å²) in [6.45, 7) is 4.11. The molecule has 1 aromatic carbocycles. The maximum Gasteiger partial charge on any atom is 0.169 e. The number of rotatable bonds is 3. The molecule has 0 bridgehead atoms. The zero-order valence-electron chi connectivity index (χ0n) is 10.5.